The zero-order valence-electron chi connectivity index (χ0n) is 11.4. The number of benzene rings is 1. The summed E-state index contributed by atoms with van der Waals surface area (Å²) < 4.78 is 6.09. The molecule has 1 saturated heterocycles. The Balaban J connectivity index is 1.65. The Morgan fingerprint density at radius 2 is 2.11 bits per heavy atom. The quantitative estimate of drug-likeness (QED) is 0.880. The predicted octanol–water partition coefficient (Wildman–Crippen LogP) is 3.02. The van der Waals surface area contributed by atoms with Gasteiger partial charge in [0.1, 0.15) is 11.9 Å². The van der Waals surface area contributed by atoms with Crippen molar-refractivity contribution in [2.45, 2.75) is 39.2 Å². The van der Waals surface area contributed by atoms with Gasteiger partial charge in [-0.3, -0.25) is 0 Å². The van der Waals surface area contributed by atoms with E-state index in [0.717, 1.165) is 18.1 Å². The van der Waals surface area contributed by atoms with Crippen LogP contribution in [0.15, 0.2) is 24.3 Å². The van der Waals surface area contributed by atoms with Crippen molar-refractivity contribution in [1.29, 1.82) is 0 Å². The molecule has 1 atom stereocenters. The maximum atomic E-state index is 6.09. The summed E-state index contributed by atoms with van der Waals surface area (Å²) in [6, 6.07) is 8.47. The third kappa shape index (κ3) is 2.26. The van der Waals surface area contributed by atoms with Crippen LogP contribution in [0.2, 0.25) is 0 Å². The standard InChI is InChI=1S/C16H23NO/c1-12(2)8-16(10-17-11-16)9-14-7-13-5-3-4-6-15(13)18-14/h3-6,12,14,17H,7-11H2,1-2H3. The summed E-state index contributed by atoms with van der Waals surface area (Å²) in [4.78, 5) is 0. The van der Waals surface area contributed by atoms with Crippen molar-refractivity contribution in [2.24, 2.45) is 11.3 Å². The van der Waals surface area contributed by atoms with Gasteiger partial charge in [-0.05, 0) is 35.8 Å². The van der Waals surface area contributed by atoms with Crippen LogP contribution < -0.4 is 10.1 Å². The van der Waals surface area contributed by atoms with Gasteiger partial charge in [0, 0.05) is 19.5 Å². The monoisotopic (exact) mass is 245 g/mol. The molecule has 2 heteroatoms. The summed E-state index contributed by atoms with van der Waals surface area (Å²) in [7, 11) is 0. The third-order valence-corrected chi connectivity index (χ3v) is 4.22. The Bertz CT molecular complexity index is 398. The predicted molar refractivity (Wildman–Crippen MR) is 73.9 cm³/mol. The number of hydrogen-bond acceptors (Lipinski definition) is 2. The van der Waals surface area contributed by atoms with Crippen molar-refractivity contribution in [1.82, 2.24) is 5.32 Å². The van der Waals surface area contributed by atoms with Gasteiger partial charge in [-0.2, -0.15) is 0 Å². The molecule has 98 valence electrons. The van der Waals surface area contributed by atoms with Gasteiger partial charge in [0.2, 0.25) is 0 Å². The fourth-order valence-corrected chi connectivity index (χ4v) is 3.57. The van der Waals surface area contributed by atoms with Gasteiger partial charge in [-0.15, -0.1) is 0 Å². The zero-order chi connectivity index (χ0) is 12.6. The normalized spacial score (nSPS) is 24.5. The van der Waals surface area contributed by atoms with Crippen LogP contribution in [-0.2, 0) is 6.42 Å². The second kappa shape index (κ2) is 4.58. The van der Waals surface area contributed by atoms with E-state index in [4.69, 9.17) is 4.74 Å². The van der Waals surface area contributed by atoms with Crippen LogP contribution in [0.4, 0.5) is 0 Å². The van der Waals surface area contributed by atoms with Gasteiger partial charge in [0.25, 0.3) is 0 Å². The smallest absolute Gasteiger partial charge is 0.123 e. The van der Waals surface area contributed by atoms with Crippen molar-refractivity contribution in [3.8, 4) is 5.75 Å². The molecule has 0 aliphatic carbocycles. The lowest BCUT2D eigenvalue weighted by Crippen LogP contribution is -2.55. The van der Waals surface area contributed by atoms with Crippen LogP contribution in [0.1, 0.15) is 32.3 Å². The summed E-state index contributed by atoms with van der Waals surface area (Å²) in [5, 5.41) is 3.45. The van der Waals surface area contributed by atoms with Crippen LogP contribution in [0.5, 0.6) is 5.75 Å². The van der Waals surface area contributed by atoms with Crippen molar-refractivity contribution in [3.63, 3.8) is 0 Å². The Morgan fingerprint density at radius 3 is 2.72 bits per heavy atom. The first-order valence-corrected chi connectivity index (χ1v) is 7.12. The lowest BCUT2D eigenvalue weighted by molar-refractivity contribution is 0.0633. The van der Waals surface area contributed by atoms with Crippen molar-refractivity contribution in [3.05, 3.63) is 29.8 Å². The highest BCUT2D eigenvalue weighted by Crippen LogP contribution is 2.40. The minimum atomic E-state index is 0.392. The molecule has 1 fully saturated rings. The molecule has 1 aromatic carbocycles. The molecule has 1 aromatic rings. The SMILES string of the molecule is CC(C)CC1(CC2Cc3ccccc3O2)CNC1. The molecule has 0 saturated carbocycles. The van der Waals surface area contributed by atoms with Gasteiger partial charge in [0.05, 0.1) is 0 Å². The molecule has 2 heterocycles. The Hall–Kier alpha value is -1.02. The highest BCUT2D eigenvalue weighted by Gasteiger charge is 2.41. The summed E-state index contributed by atoms with van der Waals surface area (Å²) in [5.41, 5.74) is 1.87. The number of nitrogens with one attached hydrogen (secondary N) is 1. The van der Waals surface area contributed by atoms with E-state index in [0.29, 0.717) is 11.5 Å². The molecule has 0 radical (unpaired) electrons. The maximum absolute atomic E-state index is 6.09. The summed E-state index contributed by atoms with van der Waals surface area (Å²) >= 11 is 0. The molecule has 18 heavy (non-hydrogen) atoms. The molecule has 0 aromatic heterocycles. The number of hydrogen-bond donors (Lipinski definition) is 1. The van der Waals surface area contributed by atoms with Crippen molar-refractivity contribution in [2.75, 3.05) is 13.1 Å². The van der Waals surface area contributed by atoms with Crippen molar-refractivity contribution < 1.29 is 4.74 Å². The number of para-hydroxylation sites is 1. The number of rotatable bonds is 4. The van der Waals surface area contributed by atoms with Gasteiger partial charge >= 0.3 is 0 Å². The first-order valence-electron chi connectivity index (χ1n) is 7.12. The summed E-state index contributed by atoms with van der Waals surface area (Å²) in [6.07, 6.45) is 4.00. The molecule has 0 bridgehead atoms. The van der Waals surface area contributed by atoms with E-state index < -0.39 is 0 Å². The van der Waals surface area contributed by atoms with Gasteiger partial charge in [0.15, 0.2) is 0 Å². The van der Waals surface area contributed by atoms with Crippen LogP contribution in [0, 0.1) is 11.3 Å². The Morgan fingerprint density at radius 1 is 1.33 bits per heavy atom. The number of ether oxygens (including phenoxy) is 1. The average Bonchev–Trinajstić information content (AvgIpc) is 2.67. The molecule has 0 amide bonds. The van der Waals surface area contributed by atoms with Gasteiger partial charge in [-0.25, -0.2) is 0 Å². The zero-order valence-corrected chi connectivity index (χ0v) is 11.4. The lowest BCUT2D eigenvalue weighted by atomic mass is 9.71. The number of fused-ring (bicyclic) bond motifs is 1. The van der Waals surface area contributed by atoms with Gasteiger partial charge in [-0.1, -0.05) is 32.0 Å². The minimum absolute atomic E-state index is 0.392. The minimum Gasteiger partial charge on any atom is -0.490 e. The van der Waals surface area contributed by atoms with Crippen LogP contribution in [0.25, 0.3) is 0 Å². The van der Waals surface area contributed by atoms with E-state index >= 15 is 0 Å². The summed E-state index contributed by atoms with van der Waals surface area (Å²) in [5.74, 6) is 1.88. The second-order valence-corrected chi connectivity index (χ2v) is 6.46. The largest absolute Gasteiger partial charge is 0.490 e. The molecule has 3 rings (SSSR count). The van der Waals surface area contributed by atoms with Crippen LogP contribution >= 0.6 is 0 Å². The van der Waals surface area contributed by atoms with E-state index in [1.807, 2.05) is 0 Å². The summed E-state index contributed by atoms with van der Waals surface area (Å²) in [6.45, 7) is 6.98. The highest BCUT2D eigenvalue weighted by molar-refractivity contribution is 5.37. The Kier molecular flexibility index (Phi) is 3.06. The van der Waals surface area contributed by atoms with Crippen molar-refractivity contribution >= 4 is 0 Å². The Labute approximate surface area is 110 Å². The third-order valence-electron chi connectivity index (χ3n) is 4.22. The maximum Gasteiger partial charge on any atom is 0.123 e. The molecule has 2 aliphatic rings. The highest BCUT2D eigenvalue weighted by atomic mass is 16.5. The second-order valence-electron chi connectivity index (χ2n) is 6.46. The van der Waals surface area contributed by atoms with E-state index in [1.165, 1.54) is 31.5 Å². The molecular weight excluding hydrogens is 222 g/mol. The van der Waals surface area contributed by atoms with E-state index in [-0.39, 0.29) is 0 Å². The fourth-order valence-electron chi connectivity index (χ4n) is 3.57. The van der Waals surface area contributed by atoms with Crippen LogP contribution in [-0.4, -0.2) is 19.2 Å². The molecule has 0 spiro atoms. The average molecular weight is 245 g/mol. The first kappa shape index (κ1) is 12.0. The fraction of sp³-hybridized carbons (Fsp3) is 0.625. The molecule has 1 N–H and O–H groups in total. The molecule has 2 aliphatic heterocycles. The first-order chi connectivity index (χ1) is 8.67. The molecule has 2 nitrogen and oxygen atoms in total. The van der Waals surface area contributed by atoms with E-state index in [1.54, 1.807) is 0 Å². The molecular formula is C16H23NO. The van der Waals surface area contributed by atoms with Gasteiger partial charge < -0.3 is 10.1 Å². The molecule has 1 unspecified atom stereocenters. The van der Waals surface area contributed by atoms with E-state index in [2.05, 4.69) is 43.4 Å². The van der Waals surface area contributed by atoms with Crippen LogP contribution in [0.3, 0.4) is 0 Å². The lowest BCUT2D eigenvalue weighted by Gasteiger charge is -2.45. The van der Waals surface area contributed by atoms with E-state index in [9.17, 15) is 0 Å². The topological polar surface area (TPSA) is 21.3 Å².